The minimum absolute atomic E-state index is 0. The molecule has 0 aromatic heterocycles. The Morgan fingerprint density at radius 3 is 1.77 bits per heavy atom. The summed E-state index contributed by atoms with van der Waals surface area (Å²) in [4.78, 5) is 0. The summed E-state index contributed by atoms with van der Waals surface area (Å²) in [5, 5.41) is 0. The second-order valence-corrected chi connectivity index (χ2v) is 3.43. The van der Waals surface area contributed by atoms with E-state index >= 15 is 0 Å². The van der Waals surface area contributed by atoms with Gasteiger partial charge >= 0.3 is 0 Å². The normalized spacial score (nSPS) is 11.6. The quantitative estimate of drug-likeness (QED) is 0.624. The van der Waals surface area contributed by atoms with Gasteiger partial charge in [0.15, 0.2) is 0 Å². The predicted octanol–water partition coefficient (Wildman–Crippen LogP) is 3.30. The zero-order chi connectivity index (χ0) is 9.73. The largest absolute Gasteiger partial charge is 0.292 e. The molecule has 0 aliphatic heterocycles. The van der Waals surface area contributed by atoms with E-state index in [0.717, 1.165) is 4.48 Å². The average molecular weight is 180 g/mol. The van der Waals surface area contributed by atoms with Crippen molar-refractivity contribution in [2.45, 2.75) is 20.8 Å². The van der Waals surface area contributed by atoms with Crippen LogP contribution in [0.25, 0.3) is 0 Å². The number of para-hydroxylation sites is 1. The van der Waals surface area contributed by atoms with Gasteiger partial charge in [-0.25, -0.2) is 0 Å². The molecule has 1 heteroatoms. The first-order valence-electron chi connectivity index (χ1n) is 5.20. The third-order valence-electron chi connectivity index (χ3n) is 3.12. The Kier molecular flexibility index (Phi) is 3.49. The lowest BCUT2D eigenvalue weighted by Crippen LogP contribution is -2.48. The van der Waals surface area contributed by atoms with Crippen LogP contribution < -0.4 is 4.48 Å². The molecule has 0 aliphatic rings. The maximum atomic E-state index is 2.26. The molecule has 0 bridgehead atoms. The number of nitrogens with zero attached hydrogens (tertiary/aromatic N) is 1. The molecule has 0 spiro atoms. The Morgan fingerprint density at radius 1 is 0.923 bits per heavy atom. The van der Waals surface area contributed by atoms with Crippen molar-refractivity contribution in [2.75, 3.05) is 19.6 Å². The molecule has 74 valence electrons. The minimum Gasteiger partial charge on any atom is -0.292 e. The van der Waals surface area contributed by atoms with Crippen LogP contribution >= 0.6 is 0 Å². The monoisotopic (exact) mass is 180 g/mol. The van der Waals surface area contributed by atoms with Crippen LogP contribution in [0.5, 0.6) is 0 Å². The van der Waals surface area contributed by atoms with Crippen molar-refractivity contribution in [3.8, 4) is 0 Å². The van der Waals surface area contributed by atoms with Crippen molar-refractivity contribution >= 4 is 5.69 Å². The lowest BCUT2D eigenvalue weighted by atomic mass is 10.2. The van der Waals surface area contributed by atoms with Crippen LogP contribution in [0, 0.1) is 0 Å². The van der Waals surface area contributed by atoms with Crippen LogP contribution in [0.4, 0.5) is 5.69 Å². The maximum absolute atomic E-state index is 2.26. The third-order valence-corrected chi connectivity index (χ3v) is 3.12. The topological polar surface area (TPSA) is 0 Å². The highest BCUT2D eigenvalue weighted by Crippen LogP contribution is 2.21. The van der Waals surface area contributed by atoms with E-state index in [2.05, 4.69) is 51.1 Å². The molecule has 0 heterocycles. The second kappa shape index (κ2) is 4.43. The summed E-state index contributed by atoms with van der Waals surface area (Å²) in [5.74, 6) is 0. The van der Waals surface area contributed by atoms with Gasteiger partial charge in [0.25, 0.3) is 0 Å². The van der Waals surface area contributed by atoms with Crippen LogP contribution in [0.2, 0.25) is 0 Å². The molecule has 0 fully saturated rings. The van der Waals surface area contributed by atoms with E-state index < -0.39 is 0 Å². The molecule has 0 atom stereocenters. The lowest BCUT2D eigenvalue weighted by Gasteiger charge is -2.35. The first-order chi connectivity index (χ1) is 6.29. The summed E-state index contributed by atoms with van der Waals surface area (Å²) in [6, 6.07) is 10.8. The average Bonchev–Trinajstić information content (AvgIpc) is 2.23. The number of benzene rings is 1. The Hall–Kier alpha value is -0.820. The fourth-order valence-electron chi connectivity index (χ4n) is 1.96. The van der Waals surface area contributed by atoms with Crippen LogP contribution in [-0.4, -0.2) is 19.6 Å². The van der Waals surface area contributed by atoms with Gasteiger partial charge in [0.05, 0.1) is 19.6 Å². The van der Waals surface area contributed by atoms with E-state index in [0.29, 0.717) is 0 Å². The summed E-state index contributed by atoms with van der Waals surface area (Å²) in [6.45, 7) is 10.3. The molecule has 1 rings (SSSR count). The Morgan fingerprint density at radius 2 is 1.38 bits per heavy atom. The highest BCUT2D eigenvalue weighted by atomic mass is 15.3. The third kappa shape index (κ3) is 1.92. The highest BCUT2D eigenvalue weighted by molar-refractivity contribution is 5.42. The van der Waals surface area contributed by atoms with E-state index in [9.17, 15) is 0 Å². The second-order valence-electron chi connectivity index (χ2n) is 3.43. The van der Waals surface area contributed by atoms with Crippen LogP contribution in [0.1, 0.15) is 22.2 Å². The number of hydrogen-bond donors (Lipinski definition) is 0. The molecule has 1 nitrogen and oxygen atoms in total. The van der Waals surface area contributed by atoms with E-state index in [1.807, 2.05) is 0 Å². The number of rotatable bonds is 4. The smallest absolute Gasteiger partial charge is 0.132 e. The van der Waals surface area contributed by atoms with Gasteiger partial charge in [-0.1, -0.05) is 18.2 Å². The van der Waals surface area contributed by atoms with Crippen LogP contribution in [0.15, 0.2) is 30.3 Å². The Balaban J connectivity index is 0.00000169. The predicted molar refractivity (Wildman–Crippen MR) is 62.0 cm³/mol. The molecule has 1 aromatic rings. The van der Waals surface area contributed by atoms with Crippen LogP contribution in [0.3, 0.4) is 0 Å². The fraction of sp³-hybridized carbons (Fsp3) is 0.500. The first kappa shape index (κ1) is 10.3. The SMILES string of the molecule is CC[N+](CC)(CC)c1ccccc1.[HH]. The zero-order valence-electron chi connectivity index (χ0n) is 8.96. The van der Waals surface area contributed by atoms with Gasteiger partial charge in [-0.15, -0.1) is 0 Å². The summed E-state index contributed by atoms with van der Waals surface area (Å²) in [6.07, 6.45) is 0. The minimum atomic E-state index is 0. The van der Waals surface area contributed by atoms with Gasteiger partial charge in [0.1, 0.15) is 5.69 Å². The van der Waals surface area contributed by atoms with E-state index in [-0.39, 0.29) is 1.43 Å². The summed E-state index contributed by atoms with van der Waals surface area (Å²) in [7, 11) is 0. The summed E-state index contributed by atoms with van der Waals surface area (Å²) >= 11 is 0. The highest BCUT2D eigenvalue weighted by Gasteiger charge is 2.23. The standard InChI is InChI=1S/C12H20N.H2/c1-4-13(5-2,6-3)12-10-8-7-9-11-12;/h7-11H,4-6H2,1-3H3;1H/q+1;. The number of hydrogen-bond acceptors (Lipinski definition) is 0. The fourth-order valence-corrected chi connectivity index (χ4v) is 1.96. The maximum Gasteiger partial charge on any atom is 0.132 e. The molecular formula is C12H22N+. The van der Waals surface area contributed by atoms with E-state index in [1.165, 1.54) is 25.3 Å². The summed E-state index contributed by atoms with van der Waals surface area (Å²) in [5.41, 5.74) is 1.44. The van der Waals surface area contributed by atoms with Gasteiger partial charge in [-0.2, -0.15) is 0 Å². The molecule has 0 radical (unpaired) electrons. The van der Waals surface area contributed by atoms with Crippen molar-refractivity contribution in [1.29, 1.82) is 0 Å². The van der Waals surface area contributed by atoms with E-state index in [4.69, 9.17) is 0 Å². The molecule has 1 aromatic carbocycles. The van der Waals surface area contributed by atoms with Crippen molar-refractivity contribution in [2.24, 2.45) is 0 Å². The van der Waals surface area contributed by atoms with Gasteiger partial charge < -0.3 is 0 Å². The van der Waals surface area contributed by atoms with E-state index in [1.54, 1.807) is 0 Å². The molecule has 0 N–H and O–H groups in total. The van der Waals surface area contributed by atoms with Gasteiger partial charge in [-0.3, -0.25) is 4.48 Å². The first-order valence-corrected chi connectivity index (χ1v) is 5.20. The Labute approximate surface area is 83.1 Å². The Bertz CT molecular complexity index is 233. The number of quaternary nitrogens is 1. The molecule has 0 saturated carbocycles. The molecular weight excluding hydrogens is 158 g/mol. The van der Waals surface area contributed by atoms with Crippen molar-refractivity contribution in [1.82, 2.24) is 4.48 Å². The molecule has 0 aliphatic carbocycles. The van der Waals surface area contributed by atoms with Gasteiger partial charge in [0.2, 0.25) is 0 Å². The van der Waals surface area contributed by atoms with Crippen LogP contribution in [-0.2, 0) is 0 Å². The lowest BCUT2D eigenvalue weighted by molar-refractivity contribution is 0.316. The van der Waals surface area contributed by atoms with Crippen molar-refractivity contribution in [3.63, 3.8) is 0 Å². The van der Waals surface area contributed by atoms with Gasteiger partial charge in [-0.05, 0) is 32.9 Å². The molecule has 0 unspecified atom stereocenters. The molecule has 0 amide bonds. The van der Waals surface area contributed by atoms with Gasteiger partial charge in [0, 0.05) is 1.43 Å². The van der Waals surface area contributed by atoms with Crippen molar-refractivity contribution < 1.29 is 1.43 Å². The van der Waals surface area contributed by atoms with Crippen molar-refractivity contribution in [3.05, 3.63) is 30.3 Å². The molecule has 0 saturated heterocycles. The summed E-state index contributed by atoms with van der Waals surface area (Å²) < 4.78 is 1.10. The zero-order valence-corrected chi connectivity index (χ0v) is 8.96. The molecule has 13 heavy (non-hydrogen) atoms.